The van der Waals surface area contributed by atoms with E-state index in [0.29, 0.717) is 44.4 Å². The van der Waals surface area contributed by atoms with Crippen LogP contribution in [-0.4, -0.2) is 49.8 Å². The number of anilines is 1. The predicted molar refractivity (Wildman–Crippen MR) is 144 cm³/mol. The van der Waals surface area contributed by atoms with Gasteiger partial charge in [0.1, 0.15) is 15.8 Å². The van der Waals surface area contributed by atoms with Gasteiger partial charge in [0.05, 0.1) is 29.2 Å². The van der Waals surface area contributed by atoms with Crippen LogP contribution in [0.5, 0.6) is 0 Å². The topological polar surface area (TPSA) is 67.2 Å². The monoisotopic (exact) mass is 526 g/mol. The lowest BCUT2D eigenvalue weighted by Crippen LogP contribution is -2.46. The first-order valence-corrected chi connectivity index (χ1v) is 12.8. The Morgan fingerprint density at radius 2 is 1.86 bits per heavy atom. The van der Waals surface area contributed by atoms with Crippen LogP contribution in [0, 0.1) is 0 Å². The minimum Gasteiger partial charge on any atom is -0.372 e. The minimum absolute atomic E-state index is 0.0172. The van der Waals surface area contributed by atoms with Crippen LogP contribution in [0.4, 0.5) is 5.82 Å². The normalized spacial score (nSPS) is 22.0. The van der Waals surface area contributed by atoms with Crippen LogP contribution in [0.2, 0.25) is 5.02 Å². The van der Waals surface area contributed by atoms with E-state index in [1.54, 1.807) is 30.5 Å². The van der Waals surface area contributed by atoms with Gasteiger partial charge >= 0.3 is 0 Å². The molecule has 0 aliphatic carbocycles. The van der Waals surface area contributed by atoms with E-state index in [-0.39, 0.29) is 30.2 Å². The number of ether oxygens (including phenoxy) is 1. The van der Waals surface area contributed by atoms with Gasteiger partial charge in [0.15, 0.2) is 0 Å². The van der Waals surface area contributed by atoms with E-state index in [1.807, 2.05) is 38.1 Å². The van der Waals surface area contributed by atoms with Crippen LogP contribution >= 0.6 is 35.6 Å². The van der Waals surface area contributed by atoms with Gasteiger partial charge in [0.25, 0.3) is 11.5 Å². The highest BCUT2D eigenvalue weighted by molar-refractivity contribution is 8.26. The van der Waals surface area contributed by atoms with Crippen molar-refractivity contribution >= 4 is 63.3 Å². The van der Waals surface area contributed by atoms with Crippen molar-refractivity contribution in [2.75, 3.05) is 18.0 Å². The number of hydrogen-bond donors (Lipinski definition) is 0. The number of amides is 1. The molecule has 7 nitrogen and oxygen atoms in total. The summed E-state index contributed by atoms with van der Waals surface area (Å²) in [4.78, 5) is 35.7. The second-order valence-electron chi connectivity index (χ2n) is 8.60. The van der Waals surface area contributed by atoms with E-state index in [1.165, 1.54) is 21.1 Å². The zero-order valence-corrected chi connectivity index (χ0v) is 21.6. The molecule has 35 heavy (non-hydrogen) atoms. The summed E-state index contributed by atoms with van der Waals surface area (Å²) in [5, 5.41) is 0.570. The summed E-state index contributed by atoms with van der Waals surface area (Å²) in [6.07, 6.45) is 3.27. The van der Waals surface area contributed by atoms with Gasteiger partial charge in [0, 0.05) is 24.3 Å². The van der Waals surface area contributed by atoms with Gasteiger partial charge in [-0.15, -0.1) is 0 Å². The van der Waals surface area contributed by atoms with Crippen molar-refractivity contribution in [2.24, 2.45) is 0 Å². The van der Waals surface area contributed by atoms with Gasteiger partial charge in [0.2, 0.25) is 0 Å². The smallest absolute Gasteiger partial charge is 0.267 e. The number of hydrogen-bond acceptors (Lipinski definition) is 7. The fourth-order valence-electron chi connectivity index (χ4n) is 4.37. The maximum atomic E-state index is 13.6. The Labute approximate surface area is 217 Å². The lowest BCUT2D eigenvalue weighted by molar-refractivity contribution is -0.122. The molecule has 0 radical (unpaired) electrons. The molecule has 2 aromatic heterocycles. The first kappa shape index (κ1) is 24.0. The largest absolute Gasteiger partial charge is 0.372 e. The first-order chi connectivity index (χ1) is 16.8. The van der Waals surface area contributed by atoms with E-state index in [9.17, 15) is 9.59 Å². The molecule has 1 amide bonds. The van der Waals surface area contributed by atoms with Crippen molar-refractivity contribution in [1.29, 1.82) is 0 Å². The molecular weight excluding hydrogens is 504 g/mol. The Morgan fingerprint density at radius 3 is 2.60 bits per heavy atom. The van der Waals surface area contributed by atoms with Crippen molar-refractivity contribution in [1.82, 2.24) is 14.3 Å². The number of thioether (sulfide) groups is 1. The molecule has 2 saturated heterocycles. The number of carbonyl (C=O) groups is 1. The van der Waals surface area contributed by atoms with E-state index >= 15 is 0 Å². The number of nitrogens with zero attached hydrogens (tertiary/aromatic N) is 4. The van der Waals surface area contributed by atoms with E-state index in [4.69, 9.17) is 33.5 Å². The molecule has 3 aromatic rings. The Kier molecular flexibility index (Phi) is 6.67. The van der Waals surface area contributed by atoms with Crippen LogP contribution in [-0.2, 0) is 16.1 Å². The quantitative estimate of drug-likeness (QED) is 0.369. The Morgan fingerprint density at radius 1 is 1.14 bits per heavy atom. The standard InChI is InChI=1S/C25H23ClN4O3S2/c1-15-12-28(13-16(2)33-15)22-18(23(31)29-10-6-5-9-21(29)27-22)11-20-24(32)30(25(34)35-20)14-17-7-3-4-8-19(17)26/h3-11,15-16H,12-14H2,1-2H3/b20-11+. The lowest BCUT2D eigenvalue weighted by atomic mass is 10.1. The van der Waals surface area contributed by atoms with Crippen molar-refractivity contribution in [3.8, 4) is 0 Å². The highest BCUT2D eigenvalue weighted by Gasteiger charge is 2.34. The Bertz CT molecular complexity index is 1410. The average Bonchev–Trinajstić information content (AvgIpc) is 3.09. The number of aromatic nitrogens is 2. The Hall–Kier alpha value is -2.72. The summed E-state index contributed by atoms with van der Waals surface area (Å²) >= 11 is 13.0. The third kappa shape index (κ3) is 4.73. The van der Waals surface area contributed by atoms with E-state index in [2.05, 4.69) is 4.90 Å². The number of thiocarbonyl (C=S) groups is 1. The molecule has 2 aliphatic rings. The second-order valence-corrected chi connectivity index (χ2v) is 10.7. The summed E-state index contributed by atoms with van der Waals surface area (Å²) in [6.45, 7) is 5.44. The van der Waals surface area contributed by atoms with E-state index in [0.717, 1.165) is 5.56 Å². The van der Waals surface area contributed by atoms with Crippen molar-refractivity contribution in [2.45, 2.75) is 32.6 Å². The fourth-order valence-corrected chi connectivity index (χ4v) is 5.81. The molecule has 2 atom stereocenters. The number of fused-ring (bicyclic) bond motifs is 1. The zero-order chi connectivity index (χ0) is 24.7. The third-order valence-corrected chi connectivity index (χ3v) is 7.65. The molecule has 2 fully saturated rings. The number of halogens is 1. The SMILES string of the molecule is CC1CN(c2nc3ccccn3c(=O)c2/C=C2/SC(=S)N(Cc3ccccc3Cl)C2=O)CC(C)O1. The maximum absolute atomic E-state index is 13.6. The van der Waals surface area contributed by atoms with Crippen LogP contribution < -0.4 is 10.5 Å². The Balaban J connectivity index is 1.57. The molecule has 2 aliphatic heterocycles. The molecule has 1 aromatic carbocycles. The molecule has 5 rings (SSSR count). The first-order valence-electron chi connectivity index (χ1n) is 11.2. The molecular formula is C25H23ClN4O3S2. The second kappa shape index (κ2) is 9.73. The summed E-state index contributed by atoms with van der Waals surface area (Å²) in [6, 6.07) is 12.8. The maximum Gasteiger partial charge on any atom is 0.267 e. The van der Waals surface area contributed by atoms with Gasteiger partial charge in [-0.3, -0.25) is 18.9 Å². The molecule has 0 bridgehead atoms. The molecule has 180 valence electrons. The summed E-state index contributed by atoms with van der Waals surface area (Å²) in [5.41, 5.74) is 1.46. The zero-order valence-electron chi connectivity index (χ0n) is 19.2. The summed E-state index contributed by atoms with van der Waals surface area (Å²) in [5.74, 6) is 0.284. The van der Waals surface area contributed by atoms with Gasteiger partial charge < -0.3 is 9.64 Å². The number of carbonyl (C=O) groups excluding carboxylic acids is 1. The van der Waals surface area contributed by atoms with Crippen LogP contribution in [0.15, 0.2) is 58.4 Å². The number of pyridine rings is 1. The van der Waals surface area contributed by atoms with Gasteiger partial charge in [-0.05, 0) is 43.7 Å². The molecule has 4 heterocycles. The highest BCUT2D eigenvalue weighted by atomic mass is 35.5. The number of rotatable bonds is 4. The van der Waals surface area contributed by atoms with Crippen molar-refractivity contribution in [3.05, 3.63) is 80.1 Å². The summed E-state index contributed by atoms with van der Waals surface area (Å²) < 4.78 is 7.79. The summed E-state index contributed by atoms with van der Waals surface area (Å²) in [7, 11) is 0. The third-order valence-electron chi connectivity index (χ3n) is 5.90. The van der Waals surface area contributed by atoms with Gasteiger partial charge in [-0.1, -0.05) is 59.8 Å². The molecule has 0 saturated carbocycles. The van der Waals surface area contributed by atoms with Gasteiger partial charge in [-0.2, -0.15) is 0 Å². The average molecular weight is 527 g/mol. The lowest BCUT2D eigenvalue weighted by Gasteiger charge is -2.36. The van der Waals surface area contributed by atoms with Crippen molar-refractivity contribution in [3.63, 3.8) is 0 Å². The van der Waals surface area contributed by atoms with Crippen LogP contribution in [0.25, 0.3) is 11.7 Å². The fraction of sp³-hybridized carbons (Fsp3) is 0.280. The molecule has 10 heteroatoms. The number of benzene rings is 1. The molecule has 2 unspecified atom stereocenters. The molecule has 0 spiro atoms. The van der Waals surface area contributed by atoms with E-state index < -0.39 is 0 Å². The van der Waals surface area contributed by atoms with Crippen LogP contribution in [0.3, 0.4) is 0 Å². The number of morpholine rings is 1. The van der Waals surface area contributed by atoms with Crippen LogP contribution in [0.1, 0.15) is 25.0 Å². The highest BCUT2D eigenvalue weighted by Crippen LogP contribution is 2.35. The minimum atomic E-state index is -0.257. The van der Waals surface area contributed by atoms with Crippen molar-refractivity contribution < 1.29 is 9.53 Å². The molecule has 0 N–H and O–H groups in total. The van der Waals surface area contributed by atoms with Gasteiger partial charge in [-0.25, -0.2) is 4.98 Å². The predicted octanol–water partition coefficient (Wildman–Crippen LogP) is 4.36.